The smallest absolute Gasteiger partial charge is 0.277 e. The van der Waals surface area contributed by atoms with Crippen molar-refractivity contribution in [3.05, 3.63) is 54.6 Å². The van der Waals surface area contributed by atoms with Crippen molar-refractivity contribution in [1.82, 2.24) is 5.01 Å². The largest absolute Gasteiger partial charge is 0.347 e. The molecule has 2 fully saturated rings. The van der Waals surface area contributed by atoms with Crippen molar-refractivity contribution < 1.29 is 22.7 Å². The van der Waals surface area contributed by atoms with E-state index in [-0.39, 0.29) is 10.8 Å². The highest BCUT2D eigenvalue weighted by molar-refractivity contribution is 7.92. The molecular weight excluding hydrogens is 406 g/mol. The van der Waals surface area contributed by atoms with Gasteiger partial charge in [0.2, 0.25) is 5.91 Å². The molecular formula is C21H25N3O5S. The molecule has 0 radical (unpaired) electrons. The average molecular weight is 432 g/mol. The maximum absolute atomic E-state index is 13.6. The number of nitrogens with one attached hydrogen (secondary N) is 1. The van der Waals surface area contributed by atoms with Gasteiger partial charge in [-0.05, 0) is 36.4 Å². The molecule has 0 bridgehead atoms. The van der Waals surface area contributed by atoms with Crippen LogP contribution in [-0.2, 0) is 24.3 Å². The molecule has 0 aromatic heterocycles. The zero-order valence-corrected chi connectivity index (χ0v) is 17.6. The molecule has 0 aliphatic carbocycles. The van der Waals surface area contributed by atoms with Crippen LogP contribution in [0.15, 0.2) is 59.5 Å². The summed E-state index contributed by atoms with van der Waals surface area (Å²) >= 11 is 0. The predicted octanol–water partition coefficient (Wildman–Crippen LogP) is 2.59. The summed E-state index contributed by atoms with van der Waals surface area (Å²) in [5, 5.41) is 4.47. The van der Waals surface area contributed by atoms with Crippen molar-refractivity contribution in [3.63, 3.8) is 0 Å². The highest BCUT2D eigenvalue weighted by Crippen LogP contribution is 2.35. The van der Waals surface area contributed by atoms with E-state index >= 15 is 0 Å². The Labute approximate surface area is 176 Å². The van der Waals surface area contributed by atoms with Gasteiger partial charge in [0, 0.05) is 38.5 Å². The fourth-order valence-corrected chi connectivity index (χ4v) is 5.37. The topological polar surface area (TPSA) is 88.2 Å². The first-order chi connectivity index (χ1) is 14.4. The Balaban J connectivity index is 1.63. The lowest BCUT2D eigenvalue weighted by atomic mass is 10.1. The van der Waals surface area contributed by atoms with E-state index in [1.54, 1.807) is 24.3 Å². The summed E-state index contributed by atoms with van der Waals surface area (Å²) < 4.78 is 40.1. The van der Waals surface area contributed by atoms with Crippen LogP contribution < -0.4 is 9.73 Å². The molecule has 2 aliphatic rings. The standard InChI is InChI=1S/C21H25N3O5S/c1-17(25)22-18-7-9-20(10-8-18)30(26,27)24(19-5-3-2-4-6-19)23-13-11-21(12-14-23)28-15-16-29-21/h2-10H,11-16H2,1H3,(H,22,25). The van der Waals surface area contributed by atoms with Crippen molar-refractivity contribution in [1.29, 1.82) is 0 Å². The molecule has 2 aromatic rings. The quantitative estimate of drug-likeness (QED) is 0.783. The summed E-state index contributed by atoms with van der Waals surface area (Å²) in [7, 11) is -3.87. The van der Waals surface area contributed by atoms with Gasteiger partial charge in [0.05, 0.1) is 23.8 Å². The van der Waals surface area contributed by atoms with Crippen LogP contribution in [0.25, 0.3) is 0 Å². The second kappa shape index (κ2) is 8.35. The number of amides is 1. The molecule has 2 saturated heterocycles. The molecule has 4 rings (SSSR count). The Morgan fingerprint density at radius 2 is 1.60 bits per heavy atom. The lowest BCUT2D eigenvalue weighted by Gasteiger charge is -2.42. The minimum atomic E-state index is -3.87. The fraction of sp³-hybridized carbons (Fsp3) is 0.381. The van der Waals surface area contributed by atoms with Gasteiger partial charge >= 0.3 is 0 Å². The molecule has 1 spiro atoms. The van der Waals surface area contributed by atoms with E-state index in [0.717, 1.165) is 0 Å². The SMILES string of the molecule is CC(=O)Nc1ccc(S(=O)(=O)N(c2ccccc2)N2CCC3(CC2)OCCO3)cc1. The lowest BCUT2D eigenvalue weighted by molar-refractivity contribution is -0.184. The zero-order valence-electron chi connectivity index (χ0n) is 16.8. The molecule has 2 aromatic carbocycles. The Bertz CT molecular complexity index is 979. The second-order valence-corrected chi connectivity index (χ2v) is 9.12. The van der Waals surface area contributed by atoms with Crippen molar-refractivity contribution in [2.24, 2.45) is 0 Å². The van der Waals surface area contributed by atoms with Crippen LogP contribution in [0.3, 0.4) is 0 Å². The van der Waals surface area contributed by atoms with Gasteiger partial charge in [0.15, 0.2) is 5.79 Å². The third-order valence-corrected chi connectivity index (χ3v) is 7.01. The molecule has 0 saturated carbocycles. The number of hydrogen-bond acceptors (Lipinski definition) is 6. The number of benzene rings is 2. The molecule has 8 nitrogen and oxygen atoms in total. The number of hydrogen-bond donors (Lipinski definition) is 1. The van der Waals surface area contributed by atoms with Gasteiger partial charge < -0.3 is 14.8 Å². The number of sulfonamides is 1. The number of ether oxygens (including phenoxy) is 2. The van der Waals surface area contributed by atoms with Crippen molar-refractivity contribution in [3.8, 4) is 0 Å². The highest BCUT2D eigenvalue weighted by atomic mass is 32.2. The van der Waals surface area contributed by atoms with Crippen LogP contribution in [0.4, 0.5) is 11.4 Å². The first-order valence-corrected chi connectivity index (χ1v) is 11.3. The molecule has 2 aliphatic heterocycles. The van der Waals surface area contributed by atoms with Crippen LogP contribution in [0.2, 0.25) is 0 Å². The van der Waals surface area contributed by atoms with Gasteiger partial charge in [0.25, 0.3) is 10.0 Å². The Hall–Kier alpha value is -2.46. The Morgan fingerprint density at radius 3 is 2.17 bits per heavy atom. The van der Waals surface area contributed by atoms with E-state index in [1.165, 1.54) is 23.5 Å². The highest BCUT2D eigenvalue weighted by Gasteiger charge is 2.43. The van der Waals surface area contributed by atoms with Gasteiger partial charge in [-0.25, -0.2) is 5.01 Å². The van der Waals surface area contributed by atoms with E-state index in [9.17, 15) is 13.2 Å². The molecule has 1 N–H and O–H groups in total. The number of carbonyl (C=O) groups is 1. The average Bonchev–Trinajstić information content (AvgIpc) is 3.18. The second-order valence-electron chi connectivity index (χ2n) is 7.35. The van der Waals surface area contributed by atoms with Gasteiger partial charge in [0.1, 0.15) is 0 Å². The molecule has 1 amide bonds. The van der Waals surface area contributed by atoms with Gasteiger partial charge in [-0.3, -0.25) is 4.79 Å². The maximum atomic E-state index is 13.6. The fourth-order valence-electron chi connectivity index (χ4n) is 3.83. The van der Waals surface area contributed by atoms with Crippen LogP contribution in [0, 0.1) is 0 Å². The molecule has 0 unspecified atom stereocenters. The van der Waals surface area contributed by atoms with E-state index in [0.29, 0.717) is 50.5 Å². The van der Waals surface area contributed by atoms with E-state index in [2.05, 4.69) is 5.32 Å². The van der Waals surface area contributed by atoms with Crippen LogP contribution >= 0.6 is 0 Å². The number of carbonyl (C=O) groups excluding carboxylic acids is 1. The van der Waals surface area contributed by atoms with Gasteiger partial charge in [-0.1, -0.05) is 18.2 Å². The number of hydrazine groups is 1. The molecule has 30 heavy (non-hydrogen) atoms. The minimum Gasteiger partial charge on any atom is -0.347 e. The lowest BCUT2D eigenvalue weighted by Crippen LogP contribution is -2.54. The number of nitrogens with zero attached hydrogens (tertiary/aromatic N) is 2. The predicted molar refractivity (Wildman–Crippen MR) is 112 cm³/mol. The normalized spacial score (nSPS) is 19.0. The summed E-state index contributed by atoms with van der Waals surface area (Å²) in [5.74, 6) is -0.807. The van der Waals surface area contributed by atoms with Gasteiger partial charge in [-0.15, -0.1) is 0 Å². The number of piperidine rings is 1. The monoisotopic (exact) mass is 431 g/mol. The van der Waals surface area contributed by atoms with Crippen molar-refractivity contribution >= 4 is 27.3 Å². The molecule has 2 heterocycles. The number of rotatable bonds is 5. The molecule has 9 heteroatoms. The summed E-state index contributed by atoms with van der Waals surface area (Å²) in [6.07, 6.45) is 1.18. The van der Waals surface area contributed by atoms with Gasteiger partial charge in [-0.2, -0.15) is 12.8 Å². The number of anilines is 2. The Morgan fingerprint density at radius 1 is 1.00 bits per heavy atom. The summed E-state index contributed by atoms with van der Waals surface area (Å²) in [6, 6.07) is 15.2. The third-order valence-electron chi connectivity index (χ3n) is 5.25. The van der Waals surface area contributed by atoms with E-state index in [1.807, 2.05) is 23.2 Å². The minimum absolute atomic E-state index is 0.147. The van der Waals surface area contributed by atoms with Crippen molar-refractivity contribution in [2.45, 2.75) is 30.4 Å². The third kappa shape index (κ3) is 4.20. The van der Waals surface area contributed by atoms with Crippen LogP contribution in [0.1, 0.15) is 19.8 Å². The summed E-state index contributed by atoms with van der Waals surface area (Å²) in [4.78, 5) is 11.4. The molecule has 0 atom stereocenters. The first kappa shape index (κ1) is 20.8. The Kier molecular flexibility index (Phi) is 5.79. The zero-order chi connectivity index (χ0) is 21.2. The van der Waals surface area contributed by atoms with E-state index in [4.69, 9.17) is 9.47 Å². The summed E-state index contributed by atoms with van der Waals surface area (Å²) in [5.41, 5.74) is 1.11. The van der Waals surface area contributed by atoms with Crippen LogP contribution in [0.5, 0.6) is 0 Å². The van der Waals surface area contributed by atoms with E-state index < -0.39 is 15.8 Å². The van der Waals surface area contributed by atoms with Crippen molar-refractivity contribution in [2.75, 3.05) is 36.0 Å². The maximum Gasteiger partial charge on any atom is 0.277 e. The molecule has 160 valence electrons. The first-order valence-electron chi connectivity index (χ1n) is 9.90. The number of para-hydroxylation sites is 1. The van der Waals surface area contributed by atoms with Crippen LogP contribution in [-0.4, -0.2) is 51.4 Å². The summed E-state index contributed by atoms with van der Waals surface area (Å²) in [6.45, 7) is 3.52.